The molecule has 178 valence electrons. The molecule has 0 aliphatic heterocycles. The number of carbonyl (C=O) groups is 3. The number of carboxylic acid groups (broad SMARTS) is 1. The molecule has 0 aromatic heterocycles. The smallest absolute Gasteiger partial charge is 0.330 e. The Hall–Kier alpha value is -1.89. The maximum Gasteiger partial charge on any atom is 0.330 e. The molecule has 1 aliphatic rings. The number of esters is 2. The van der Waals surface area contributed by atoms with Crippen LogP contribution in [-0.4, -0.2) is 48.4 Å². The zero-order chi connectivity index (χ0) is 22.9. The lowest BCUT2D eigenvalue weighted by Gasteiger charge is -2.29. The van der Waals surface area contributed by atoms with Gasteiger partial charge in [-0.05, 0) is 64.2 Å². The first-order valence-corrected chi connectivity index (χ1v) is 11.8. The van der Waals surface area contributed by atoms with Crippen LogP contribution in [0.4, 0.5) is 0 Å². The Bertz CT molecular complexity index is 538. The number of ether oxygens (including phenoxy) is 3. The molecule has 1 aliphatic carbocycles. The summed E-state index contributed by atoms with van der Waals surface area (Å²) in [6.07, 6.45) is 11.5. The van der Waals surface area contributed by atoms with Crippen molar-refractivity contribution in [2.45, 2.75) is 103 Å². The zero-order valence-corrected chi connectivity index (χ0v) is 19.0. The normalized spacial score (nSPS) is 19.4. The van der Waals surface area contributed by atoms with E-state index in [0.717, 1.165) is 70.8 Å². The Morgan fingerprint density at radius 1 is 0.968 bits per heavy atom. The lowest BCUT2D eigenvalue weighted by molar-refractivity contribution is -0.158. The molecule has 0 heterocycles. The summed E-state index contributed by atoms with van der Waals surface area (Å²) < 4.78 is 16.6. The third-order valence-electron chi connectivity index (χ3n) is 5.62. The number of carbonyl (C=O) groups excluding carboxylic acids is 2. The Labute approximate surface area is 186 Å². The van der Waals surface area contributed by atoms with Crippen LogP contribution < -0.4 is 0 Å². The molecule has 7 heteroatoms. The third kappa shape index (κ3) is 13.2. The van der Waals surface area contributed by atoms with Crippen LogP contribution in [0.2, 0.25) is 0 Å². The molecule has 31 heavy (non-hydrogen) atoms. The van der Waals surface area contributed by atoms with Gasteiger partial charge in [-0.25, -0.2) is 4.79 Å². The maximum atomic E-state index is 12.5. The van der Waals surface area contributed by atoms with E-state index < -0.39 is 5.97 Å². The molecule has 7 nitrogen and oxygen atoms in total. The van der Waals surface area contributed by atoms with Crippen LogP contribution in [0.5, 0.6) is 0 Å². The van der Waals surface area contributed by atoms with Crippen LogP contribution in [0, 0.1) is 5.92 Å². The summed E-state index contributed by atoms with van der Waals surface area (Å²) in [6.45, 7) is 6.55. The van der Waals surface area contributed by atoms with Gasteiger partial charge in [0.2, 0.25) is 0 Å². The second kappa shape index (κ2) is 16.8. The van der Waals surface area contributed by atoms with E-state index in [-0.39, 0.29) is 36.5 Å². The predicted molar refractivity (Wildman–Crippen MR) is 118 cm³/mol. The van der Waals surface area contributed by atoms with E-state index >= 15 is 0 Å². The van der Waals surface area contributed by atoms with Gasteiger partial charge >= 0.3 is 17.9 Å². The molecule has 1 fully saturated rings. The lowest BCUT2D eigenvalue weighted by atomic mass is 9.93. The summed E-state index contributed by atoms with van der Waals surface area (Å²) in [5.74, 6) is -1.56. The van der Waals surface area contributed by atoms with Crippen molar-refractivity contribution in [1.29, 1.82) is 0 Å². The van der Waals surface area contributed by atoms with Gasteiger partial charge in [0.05, 0.1) is 18.6 Å². The van der Waals surface area contributed by atoms with Gasteiger partial charge in [0.25, 0.3) is 0 Å². The number of carboxylic acids is 1. The van der Waals surface area contributed by atoms with Gasteiger partial charge in [-0.1, -0.05) is 26.3 Å². The Balaban J connectivity index is 2.12. The Morgan fingerprint density at radius 3 is 2.23 bits per heavy atom. The molecule has 0 radical (unpaired) electrons. The summed E-state index contributed by atoms with van der Waals surface area (Å²) in [5.41, 5.74) is 0. The van der Waals surface area contributed by atoms with Gasteiger partial charge in [-0.15, -0.1) is 0 Å². The number of rotatable bonds is 17. The first kappa shape index (κ1) is 27.1. The lowest BCUT2D eigenvalue weighted by Crippen LogP contribution is -2.30. The minimum Gasteiger partial charge on any atom is -0.481 e. The van der Waals surface area contributed by atoms with E-state index in [1.54, 1.807) is 0 Å². The van der Waals surface area contributed by atoms with Gasteiger partial charge < -0.3 is 19.3 Å². The number of hydrogen-bond donors (Lipinski definition) is 1. The first-order chi connectivity index (χ1) is 15.0. The highest BCUT2D eigenvalue weighted by Gasteiger charge is 2.27. The minimum absolute atomic E-state index is 0.0514. The fraction of sp³-hybridized carbons (Fsp3) is 0.792. The summed E-state index contributed by atoms with van der Waals surface area (Å²) in [7, 11) is 0. The summed E-state index contributed by atoms with van der Waals surface area (Å²) in [5, 5.41) is 8.79. The fourth-order valence-corrected chi connectivity index (χ4v) is 3.84. The van der Waals surface area contributed by atoms with E-state index in [1.165, 1.54) is 6.08 Å². The Kier molecular flexibility index (Phi) is 14.7. The molecule has 0 aromatic carbocycles. The van der Waals surface area contributed by atoms with Gasteiger partial charge in [0.1, 0.15) is 6.10 Å². The highest BCUT2D eigenvalue weighted by atomic mass is 16.5. The van der Waals surface area contributed by atoms with Crippen LogP contribution >= 0.6 is 0 Å². The van der Waals surface area contributed by atoms with Crippen molar-refractivity contribution in [3.05, 3.63) is 12.7 Å². The van der Waals surface area contributed by atoms with Crippen molar-refractivity contribution in [3.8, 4) is 0 Å². The summed E-state index contributed by atoms with van der Waals surface area (Å²) in [4.78, 5) is 34.1. The second-order valence-electron chi connectivity index (χ2n) is 8.26. The van der Waals surface area contributed by atoms with Crippen molar-refractivity contribution in [2.75, 3.05) is 13.2 Å². The average molecular weight is 441 g/mol. The highest BCUT2D eigenvalue weighted by molar-refractivity contribution is 5.81. The molecular formula is C24H40O7. The molecule has 1 atom stereocenters. The quantitative estimate of drug-likeness (QED) is 0.197. The van der Waals surface area contributed by atoms with Gasteiger partial charge in [0, 0.05) is 19.1 Å². The maximum absolute atomic E-state index is 12.5. The van der Waals surface area contributed by atoms with Crippen molar-refractivity contribution in [3.63, 3.8) is 0 Å². The molecular weight excluding hydrogens is 400 g/mol. The minimum atomic E-state index is -0.823. The third-order valence-corrected chi connectivity index (χ3v) is 5.62. The second-order valence-corrected chi connectivity index (χ2v) is 8.26. The molecule has 1 N–H and O–H groups in total. The van der Waals surface area contributed by atoms with Crippen molar-refractivity contribution in [1.82, 2.24) is 0 Å². The van der Waals surface area contributed by atoms with Crippen LogP contribution in [0.1, 0.15) is 90.4 Å². The SMILES string of the molecule is C=CC(=O)OCCCCCCOC1CCC(OC(=O)C(CCC)CCCC(=O)O)CC1. The van der Waals surface area contributed by atoms with Crippen molar-refractivity contribution < 1.29 is 33.7 Å². The van der Waals surface area contributed by atoms with E-state index in [0.29, 0.717) is 19.4 Å². The van der Waals surface area contributed by atoms with Crippen LogP contribution in [0.3, 0.4) is 0 Å². The van der Waals surface area contributed by atoms with Crippen LogP contribution in [0.15, 0.2) is 12.7 Å². The van der Waals surface area contributed by atoms with E-state index in [2.05, 4.69) is 6.58 Å². The number of unbranched alkanes of at least 4 members (excludes halogenated alkanes) is 3. The Morgan fingerprint density at radius 2 is 1.61 bits per heavy atom. The number of aliphatic carboxylic acids is 1. The largest absolute Gasteiger partial charge is 0.481 e. The first-order valence-electron chi connectivity index (χ1n) is 11.8. The average Bonchev–Trinajstić information content (AvgIpc) is 2.75. The molecule has 1 rings (SSSR count). The summed E-state index contributed by atoms with van der Waals surface area (Å²) >= 11 is 0. The highest BCUT2D eigenvalue weighted by Crippen LogP contribution is 2.26. The van der Waals surface area contributed by atoms with Crippen molar-refractivity contribution in [2.24, 2.45) is 5.92 Å². The van der Waals surface area contributed by atoms with E-state index in [9.17, 15) is 14.4 Å². The standard InChI is InChI=1S/C24H40O7/c1-3-10-19(11-9-12-22(25)26)24(28)31-21-15-13-20(14-16-21)29-17-7-5-6-8-18-30-23(27)4-2/h4,19-21H,2-3,5-18H2,1H3,(H,25,26). The van der Waals surface area contributed by atoms with Crippen LogP contribution in [-0.2, 0) is 28.6 Å². The molecule has 1 saturated carbocycles. The monoisotopic (exact) mass is 440 g/mol. The molecule has 0 amide bonds. The molecule has 1 unspecified atom stereocenters. The van der Waals surface area contributed by atoms with Crippen LogP contribution in [0.25, 0.3) is 0 Å². The zero-order valence-electron chi connectivity index (χ0n) is 19.0. The van der Waals surface area contributed by atoms with E-state index in [4.69, 9.17) is 19.3 Å². The van der Waals surface area contributed by atoms with Gasteiger partial charge in [0.15, 0.2) is 0 Å². The van der Waals surface area contributed by atoms with Gasteiger partial charge in [-0.2, -0.15) is 0 Å². The summed E-state index contributed by atoms with van der Waals surface area (Å²) in [6, 6.07) is 0. The topological polar surface area (TPSA) is 99.1 Å². The predicted octanol–water partition coefficient (Wildman–Crippen LogP) is 4.82. The number of hydrogen-bond acceptors (Lipinski definition) is 6. The van der Waals surface area contributed by atoms with Crippen molar-refractivity contribution >= 4 is 17.9 Å². The molecule has 0 spiro atoms. The fourth-order valence-electron chi connectivity index (χ4n) is 3.84. The molecule has 0 aromatic rings. The van der Waals surface area contributed by atoms with E-state index in [1.807, 2.05) is 6.92 Å². The molecule has 0 bridgehead atoms. The van der Waals surface area contributed by atoms with Gasteiger partial charge in [-0.3, -0.25) is 9.59 Å². The molecule has 0 saturated heterocycles.